The molecule has 0 bridgehead atoms. The molecule has 7 heteroatoms. The van der Waals surface area contributed by atoms with Crippen LogP contribution in [0.4, 0.5) is 5.69 Å². The lowest BCUT2D eigenvalue weighted by atomic mass is 10.1. The molecule has 0 radical (unpaired) electrons. The van der Waals surface area contributed by atoms with Gasteiger partial charge < -0.3 is 0 Å². The van der Waals surface area contributed by atoms with E-state index in [9.17, 15) is 10.1 Å². The zero-order valence-electron chi connectivity index (χ0n) is 8.78. The van der Waals surface area contributed by atoms with E-state index in [2.05, 4.69) is 5.38 Å². The molecule has 0 aliphatic rings. The van der Waals surface area contributed by atoms with Crippen LogP contribution < -0.4 is 0 Å². The fourth-order valence-corrected chi connectivity index (χ4v) is 5.89. The summed E-state index contributed by atoms with van der Waals surface area (Å²) in [7, 11) is 0. The maximum atomic E-state index is 10.6. The average molecular weight is 311 g/mol. The number of benzene rings is 1. The summed E-state index contributed by atoms with van der Waals surface area (Å²) in [5.41, 5.74) is 2.22. The van der Waals surface area contributed by atoms with Crippen LogP contribution >= 0.6 is 46.2 Å². The molecule has 0 amide bonds. The number of nitro benzene ring substituents is 1. The molecular formula is C11H5NO2S4. The van der Waals surface area contributed by atoms with E-state index in [1.807, 2.05) is 0 Å². The predicted octanol–water partition coefficient (Wildman–Crippen LogP) is 5.33. The summed E-state index contributed by atoms with van der Waals surface area (Å²) in [6, 6.07) is 6.63. The number of non-ortho nitro benzene ring substituents is 1. The second kappa shape index (κ2) is 4.51. The molecule has 3 rings (SSSR count). The van der Waals surface area contributed by atoms with Crippen LogP contribution in [-0.2, 0) is 0 Å². The normalized spacial score (nSPS) is 10.9. The van der Waals surface area contributed by atoms with Crippen molar-refractivity contribution in [3.8, 4) is 11.1 Å². The lowest BCUT2D eigenvalue weighted by molar-refractivity contribution is -0.384. The van der Waals surface area contributed by atoms with E-state index in [0.717, 1.165) is 14.3 Å². The van der Waals surface area contributed by atoms with Crippen molar-refractivity contribution in [3.63, 3.8) is 0 Å². The molecule has 0 unspecified atom stereocenters. The van der Waals surface area contributed by atoms with E-state index in [0.29, 0.717) is 0 Å². The lowest BCUT2D eigenvalue weighted by Crippen LogP contribution is -1.86. The molecule has 0 aliphatic heterocycles. The van der Waals surface area contributed by atoms with Gasteiger partial charge in [0, 0.05) is 23.1 Å². The predicted molar refractivity (Wildman–Crippen MR) is 80.5 cm³/mol. The zero-order chi connectivity index (χ0) is 12.7. The van der Waals surface area contributed by atoms with Gasteiger partial charge in [-0.2, -0.15) is 0 Å². The van der Waals surface area contributed by atoms with Gasteiger partial charge in [-0.3, -0.25) is 10.1 Å². The molecule has 3 nitrogen and oxygen atoms in total. The number of rotatable bonds is 2. The van der Waals surface area contributed by atoms with Crippen LogP contribution in [0.15, 0.2) is 29.6 Å². The van der Waals surface area contributed by atoms with Crippen LogP contribution in [0, 0.1) is 13.3 Å². The van der Waals surface area contributed by atoms with Gasteiger partial charge in [-0.25, -0.2) is 0 Å². The van der Waals surface area contributed by atoms with Gasteiger partial charge in [-0.1, -0.05) is 12.2 Å². The number of nitro groups is 1. The molecule has 3 aromatic rings. The van der Waals surface area contributed by atoms with E-state index in [-0.39, 0.29) is 10.6 Å². The fourth-order valence-electron chi connectivity index (χ4n) is 1.64. The third-order valence-corrected chi connectivity index (χ3v) is 6.38. The van der Waals surface area contributed by atoms with Crippen LogP contribution in [0.2, 0.25) is 0 Å². The van der Waals surface area contributed by atoms with Gasteiger partial charge in [-0.15, -0.1) is 34.0 Å². The minimum atomic E-state index is -0.387. The minimum absolute atomic E-state index is 0.114. The van der Waals surface area contributed by atoms with Crippen LogP contribution in [0.5, 0.6) is 0 Å². The van der Waals surface area contributed by atoms with Crippen molar-refractivity contribution < 1.29 is 4.92 Å². The summed E-state index contributed by atoms with van der Waals surface area (Å²) in [6.07, 6.45) is 0. The molecule has 90 valence electrons. The molecule has 1 aromatic carbocycles. The van der Waals surface area contributed by atoms with Crippen LogP contribution in [-0.4, -0.2) is 4.92 Å². The van der Waals surface area contributed by atoms with Crippen LogP contribution in [0.25, 0.3) is 19.8 Å². The minimum Gasteiger partial charge on any atom is -0.258 e. The van der Waals surface area contributed by atoms with Gasteiger partial charge in [0.25, 0.3) is 5.69 Å². The molecule has 2 aromatic heterocycles. The smallest absolute Gasteiger partial charge is 0.258 e. The van der Waals surface area contributed by atoms with Gasteiger partial charge in [0.1, 0.15) is 3.14 Å². The highest BCUT2D eigenvalue weighted by Crippen LogP contribution is 2.41. The summed E-state index contributed by atoms with van der Waals surface area (Å²) < 4.78 is 3.32. The van der Waals surface area contributed by atoms with Crippen molar-refractivity contribution >= 4 is 60.6 Å². The van der Waals surface area contributed by atoms with Gasteiger partial charge >= 0.3 is 0 Å². The Morgan fingerprint density at radius 2 is 1.89 bits per heavy atom. The maximum Gasteiger partial charge on any atom is 0.269 e. The summed E-state index contributed by atoms with van der Waals surface area (Å²) in [6.45, 7) is 0. The lowest BCUT2D eigenvalue weighted by Gasteiger charge is -1.97. The zero-order valence-corrected chi connectivity index (χ0v) is 12.0. The SMILES string of the molecule is O=[N+]([O-])c1ccc(-c2csc3sc(=S)sc23)cc1. The number of nitrogens with zero attached hydrogens (tertiary/aromatic N) is 1. The van der Waals surface area contributed by atoms with Crippen molar-refractivity contribution in [1.29, 1.82) is 0 Å². The Hall–Kier alpha value is -1.15. The standard InChI is InChI=1S/C11H5NO2S4/c13-12(14)7-3-1-6(2-4-7)8-5-16-10-9(8)17-11(15)18-10/h1-5H. The molecule has 2 heterocycles. The first-order valence-corrected chi connectivity index (χ1v) is 7.83. The van der Waals surface area contributed by atoms with Crippen molar-refractivity contribution in [3.05, 3.63) is 42.9 Å². The first-order chi connectivity index (χ1) is 8.65. The van der Waals surface area contributed by atoms with Gasteiger partial charge in [0.15, 0.2) is 0 Å². The van der Waals surface area contributed by atoms with E-state index in [1.54, 1.807) is 46.1 Å². The molecule has 0 aliphatic carbocycles. The molecular weight excluding hydrogens is 306 g/mol. The molecule has 0 N–H and O–H groups in total. The first kappa shape index (κ1) is 11.9. The Kier molecular flexibility index (Phi) is 2.98. The maximum absolute atomic E-state index is 10.6. The van der Waals surface area contributed by atoms with E-state index in [1.165, 1.54) is 20.8 Å². The monoisotopic (exact) mass is 311 g/mol. The number of hydrogen-bond acceptors (Lipinski definition) is 6. The average Bonchev–Trinajstić information content (AvgIpc) is 2.88. The molecule has 0 saturated carbocycles. The molecule has 0 fully saturated rings. The molecule has 0 atom stereocenters. The van der Waals surface area contributed by atoms with Crippen LogP contribution in [0.1, 0.15) is 0 Å². The first-order valence-electron chi connectivity index (χ1n) is 4.91. The largest absolute Gasteiger partial charge is 0.269 e. The summed E-state index contributed by atoms with van der Waals surface area (Å²) >= 11 is 10.1. The van der Waals surface area contributed by atoms with E-state index < -0.39 is 0 Å². The Labute approximate surface area is 119 Å². The van der Waals surface area contributed by atoms with Gasteiger partial charge in [-0.05, 0) is 17.7 Å². The Balaban J connectivity index is 2.13. The number of thiophene rings is 1. The molecule has 18 heavy (non-hydrogen) atoms. The second-order valence-electron chi connectivity index (χ2n) is 3.52. The van der Waals surface area contributed by atoms with Gasteiger partial charge in [0.05, 0.1) is 13.6 Å². The van der Waals surface area contributed by atoms with Crippen molar-refractivity contribution in [1.82, 2.24) is 0 Å². The Bertz CT molecular complexity index is 781. The second-order valence-corrected chi connectivity index (χ2v) is 7.89. The molecule has 0 saturated heterocycles. The number of fused-ring (bicyclic) bond motifs is 1. The van der Waals surface area contributed by atoms with Crippen molar-refractivity contribution in [2.45, 2.75) is 0 Å². The van der Waals surface area contributed by atoms with Crippen molar-refractivity contribution in [2.75, 3.05) is 0 Å². The highest BCUT2D eigenvalue weighted by atomic mass is 32.2. The Morgan fingerprint density at radius 3 is 2.56 bits per heavy atom. The third-order valence-electron chi connectivity index (χ3n) is 2.46. The topological polar surface area (TPSA) is 43.1 Å². The third kappa shape index (κ3) is 1.99. The highest BCUT2D eigenvalue weighted by Gasteiger charge is 2.11. The van der Waals surface area contributed by atoms with E-state index in [4.69, 9.17) is 12.2 Å². The summed E-state index contributed by atoms with van der Waals surface area (Å²) in [5.74, 6) is 0. The highest BCUT2D eigenvalue weighted by molar-refractivity contribution is 7.77. The summed E-state index contributed by atoms with van der Waals surface area (Å²) in [4.78, 5) is 10.2. The summed E-state index contributed by atoms with van der Waals surface area (Å²) in [5, 5.41) is 12.7. The quantitative estimate of drug-likeness (QED) is 0.365. The Morgan fingerprint density at radius 1 is 1.17 bits per heavy atom. The fraction of sp³-hybridized carbons (Fsp3) is 0. The van der Waals surface area contributed by atoms with Crippen molar-refractivity contribution in [2.24, 2.45) is 0 Å². The van der Waals surface area contributed by atoms with Crippen LogP contribution in [0.3, 0.4) is 0 Å². The van der Waals surface area contributed by atoms with Gasteiger partial charge in [0.2, 0.25) is 0 Å². The molecule has 0 spiro atoms. The number of hydrogen-bond donors (Lipinski definition) is 0. The van der Waals surface area contributed by atoms with E-state index >= 15 is 0 Å².